The highest BCUT2D eigenvalue weighted by molar-refractivity contribution is 6.01. The molecule has 0 aliphatic heterocycles. The molecule has 1 aromatic rings. The molecule has 0 heterocycles. The molecule has 0 radical (unpaired) electrons. The van der Waals surface area contributed by atoms with Crippen LogP contribution in [0, 0.1) is 17.3 Å². The minimum absolute atomic E-state index is 0.392. The van der Waals surface area contributed by atoms with Gasteiger partial charge in [-0.05, 0) is 36.3 Å². The summed E-state index contributed by atoms with van der Waals surface area (Å²) < 4.78 is 0. The van der Waals surface area contributed by atoms with Gasteiger partial charge in [0.2, 0.25) is 0 Å². The van der Waals surface area contributed by atoms with Gasteiger partial charge in [0, 0.05) is 5.92 Å². The second-order valence-electron chi connectivity index (χ2n) is 6.38. The lowest BCUT2D eigenvalue weighted by Gasteiger charge is -2.09. The maximum Gasteiger partial charge on any atom is 0.142 e. The van der Waals surface area contributed by atoms with E-state index in [9.17, 15) is 0 Å². The van der Waals surface area contributed by atoms with E-state index in [1.54, 1.807) is 0 Å². The van der Waals surface area contributed by atoms with Crippen LogP contribution < -0.4 is 0 Å². The molecule has 1 aromatic carbocycles. The first-order valence-corrected chi connectivity index (χ1v) is 7.00. The lowest BCUT2D eigenvalue weighted by Crippen LogP contribution is -2.08. The van der Waals surface area contributed by atoms with Crippen molar-refractivity contribution in [3.8, 4) is 0 Å². The molecular formula is C17H21NO. The molecule has 2 unspecified atom stereocenters. The molecule has 0 bridgehead atoms. The Kier molecular flexibility index (Phi) is 2.96. The molecule has 0 N–H and O–H groups in total. The average Bonchev–Trinajstić information content (AvgIpc) is 2.93. The van der Waals surface area contributed by atoms with Crippen molar-refractivity contribution in [1.29, 1.82) is 0 Å². The molecule has 19 heavy (non-hydrogen) atoms. The highest BCUT2D eigenvalue weighted by Gasteiger charge is 2.60. The van der Waals surface area contributed by atoms with Crippen molar-refractivity contribution in [3.63, 3.8) is 0 Å². The van der Waals surface area contributed by atoms with Crippen molar-refractivity contribution in [3.05, 3.63) is 47.5 Å². The summed E-state index contributed by atoms with van der Waals surface area (Å²) in [5, 5.41) is 4.39. The van der Waals surface area contributed by atoms with Crippen LogP contribution >= 0.6 is 0 Å². The van der Waals surface area contributed by atoms with Crippen molar-refractivity contribution in [1.82, 2.24) is 0 Å². The minimum atomic E-state index is 0.392. The zero-order chi connectivity index (χ0) is 13.5. The van der Waals surface area contributed by atoms with E-state index in [4.69, 9.17) is 4.84 Å². The first kappa shape index (κ1) is 12.5. The van der Waals surface area contributed by atoms with Gasteiger partial charge in [0.25, 0.3) is 0 Å². The van der Waals surface area contributed by atoms with Crippen LogP contribution in [0.3, 0.4) is 0 Å². The fourth-order valence-electron chi connectivity index (χ4n) is 3.30. The summed E-state index contributed by atoms with van der Waals surface area (Å²) in [7, 11) is 0. The fraction of sp³-hybridized carbons (Fsp3) is 0.471. The van der Waals surface area contributed by atoms with Crippen LogP contribution in [0.15, 0.2) is 47.1 Å². The van der Waals surface area contributed by atoms with Gasteiger partial charge in [-0.1, -0.05) is 54.9 Å². The van der Waals surface area contributed by atoms with Gasteiger partial charge in [0.1, 0.15) is 6.61 Å². The van der Waals surface area contributed by atoms with Gasteiger partial charge in [0.15, 0.2) is 0 Å². The normalized spacial score (nSPS) is 29.6. The Balaban J connectivity index is 1.68. The van der Waals surface area contributed by atoms with Gasteiger partial charge in [-0.2, -0.15) is 0 Å². The van der Waals surface area contributed by atoms with Crippen LogP contribution in [0.2, 0.25) is 0 Å². The van der Waals surface area contributed by atoms with Crippen molar-refractivity contribution in [2.75, 3.05) is 0 Å². The van der Waals surface area contributed by atoms with Crippen LogP contribution in [0.25, 0.3) is 0 Å². The van der Waals surface area contributed by atoms with Crippen LogP contribution in [-0.4, -0.2) is 5.71 Å². The lowest BCUT2D eigenvalue weighted by atomic mass is 10.00. The number of oxime groups is 1. The van der Waals surface area contributed by atoms with Crippen LogP contribution in [-0.2, 0) is 11.4 Å². The number of nitrogens with zero attached hydrogens (tertiary/aromatic N) is 1. The number of fused-ring (bicyclic) bond motifs is 1. The predicted octanol–water partition coefficient (Wildman–Crippen LogP) is 4.18. The second kappa shape index (κ2) is 4.52. The van der Waals surface area contributed by atoms with Crippen molar-refractivity contribution >= 4 is 5.71 Å². The number of allylic oxidation sites excluding steroid dienone is 2. The standard InChI is InChI=1S/C17H21NO/c1-12-9-14-16(17(14,2)3)15(10-12)18-19-11-13-7-5-4-6-8-13/h4-8,10,14,16H,9,11H2,1-3H3/b18-15-. The number of rotatable bonds is 3. The van der Waals surface area contributed by atoms with Gasteiger partial charge >= 0.3 is 0 Å². The molecule has 3 rings (SSSR count). The average molecular weight is 255 g/mol. The van der Waals surface area contributed by atoms with Crippen molar-refractivity contribution in [2.24, 2.45) is 22.4 Å². The third-order valence-corrected chi connectivity index (χ3v) is 4.55. The molecular weight excluding hydrogens is 234 g/mol. The minimum Gasteiger partial charge on any atom is -0.391 e. The molecule has 2 nitrogen and oxygen atoms in total. The highest BCUT2D eigenvalue weighted by Crippen LogP contribution is 2.63. The zero-order valence-corrected chi connectivity index (χ0v) is 11.9. The number of benzene rings is 1. The third kappa shape index (κ3) is 2.32. The molecule has 0 aromatic heterocycles. The Morgan fingerprint density at radius 1 is 1.26 bits per heavy atom. The fourth-order valence-corrected chi connectivity index (χ4v) is 3.30. The second-order valence-corrected chi connectivity index (χ2v) is 6.38. The molecule has 0 saturated heterocycles. The largest absolute Gasteiger partial charge is 0.391 e. The summed E-state index contributed by atoms with van der Waals surface area (Å²) >= 11 is 0. The molecule has 0 spiro atoms. The Morgan fingerprint density at radius 2 is 2.00 bits per heavy atom. The predicted molar refractivity (Wildman–Crippen MR) is 77.8 cm³/mol. The Bertz CT molecular complexity index is 527. The van der Waals surface area contributed by atoms with Gasteiger partial charge < -0.3 is 4.84 Å². The quantitative estimate of drug-likeness (QED) is 0.742. The van der Waals surface area contributed by atoms with E-state index in [-0.39, 0.29) is 0 Å². The molecule has 2 atom stereocenters. The third-order valence-electron chi connectivity index (χ3n) is 4.55. The highest BCUT2D eigenvalue weighted by atomic mass is 16.6. The molecule has 2 aliphatic carbocycles. The van der Waals surface area contributed by atoms with E-state index in [0.29, 0.717) is 17.9 Å². The van der Waals surface area contributed by atoms with Crippen molar-refractivity contribution < 1.29 is 4.84 Å². The molecule has 100 valence electrons. The Labute approximate surface area is 115 Å². The molecule has 0 amide bonds. The maximum absolute atomic E-state index is 5.54. The van der Waals surface area contributed by atoms with Gasteiger partial charge in [-0.3, -0.25) is 0 Å². The smallest absolute Gasteiger partial charge is 0.142 e. The summed E-state index contributed by atoms with van der Waals surface area (Å²) in [6, 6.07) is 10.2. The summed E-state index contributed by atoms with van der Waals surface area (Å²) in [4.78, 5) is 5.54. The van der Waals surface area contributed by atoms with Crippen LogP contribution in [0.4, 0.5) is 0 Å². The van der Waals surface area contributed by atoms with Gasteiger partial charge in [0.05, 0.1) is 5.71 Å². The van der Waals surface area contributed by atoms with E-state index >= 15 is 0 Å². The summed E-state index contributed by atoms with van der Waals surface area (Å²) in [6.07, 6.45) is 3.43. The van der Waals surface area contributed by atoms with Crippen LogP contribution in [0.5, 0.6) is 0 Å². The van der Waals surface area contributed by atoms with E-state index in [2.05, 4.69) is 44.1 Å². The van der Waals surface area contributed by atoms with Crippen LogP contribution in [0.1, 0.15) is 32.8 Å². The summed E-state index contributed by atoms with van der Waals surface area (Å²) in [5.41, 5.74) is 4.11. The van der Waals surface area contributed by atoms with Crippen molar-refractivity contribution in [2.45, 2.75) is 33.8 Å². The van der Waals surface area contributed by atoms with E-state index in [1.807, 2.05) is 18.2 Å². The monoisotopic (exact) mass is 255 g/mol. The van der Waals surface area contributed by atoms with Gasteiger partial charge in [-0.25, -0.2) is 0 Å². The number of hydrogen-bond donors (Lipinski definition) is 0. The Morgan fingerprint density at radius 3 is 2.74 bits per heavy atom. The maximum atomic E-state index is 5.54. The van der Waals surface area contributed by atoms with E-state index in [0.717, 1.165) is 17.2 Å². The summed E-state index contributed by atoms with van der Waals surface area (Å²) in [5.74, 6) is 1.35. The summed E-state index contributed by atoms with van der Waals surface area (Å²) in [6.45, 7) is 7.41. The van der Waals surface area contributed by atoms with Gasteiger partial charge in [-0.15, -0.1) is 0 Å². The van der Waals surface area contributed by atoms with E-state index < -0.39 is 0 Å². The zero-order valence-electron chi connectivity index (χ0n) is 11.9. The SMILES string of the molecule is CC1=C/C(=N/OCc2ccccc2)C2C(C1)C2(C)C. The molecule has 1 saturated carbocycles. The first-order valence-electron chi connectivity index (χ1n) is 7.00. The number of hydrogen-bond acceptors (Lipinski definition) is 2. The Hall–Kier alpha value is -1.57. The lowest BCUT2D eigenvalue weighted by molar-refractivity contribution is 0.129. The molecule has 2 heteroatoms. The topological polar surface area (TPSA) is 21.6 Å². The molecule has 1 fully saturated rings. The first-order chi connectivity index (χ1) is 9.09. The van der Waals surface area contributed by atoms with E-state index in [1.165, 1.54) is 12.0 Å². The molecule has 2 aliphatic rings.